The van der Waals surface area contributed by atoms with Crippen LogP contribution in [0.15, 0.2) is 91.0 Å². The smallest absolute Gasteiger partial charge is 0.239 e. The van der Waals surface area contributed by atoms with Crippen molar-refractivity contribution in [1.82, 2.24) is 10.2 Å². The number of benzene rings is 3. The van der Waals surface area contributed by atoms with Crippen LogP contribution in [0.2, 0.25) is 0 Å². The summed E-state index contributed by atoms with van der Waals surface area (Å²) in [7, 11) is 0. The summed E-state index contributed by atoms with van der Waals surface area (Å²) in [6.07, 6.45) is 1.42. The Kier molecular flexibility index (Phi) is 6.80. The van der Waals surface area contributed by atoms with E-state index in [-0.39, 0.29) is 11.9 Å². The molecule has 4 nitrogen and oxygen atoms in total. The van der Waals surface area contributed by atoms with Gasteiger partial charge < -0.3 is 10.1 Å². The maximum atomic E-state index is 13.6. The van der Waals surface area contributed by atoms with Crippen LogP contribution < -0.4 is 5.32 Å². The van der Waals surface area contributed by atoms with Crippen molar-refractivity contribution in [2.75, 3.05) is 6.61 Å². The predicted molar refractivity (Wildman–Crippen MR) is 123 cm³/mol. The molecule has 0 bridgehead atoms. The topological polar surface area (TPSA) is 44.9 Å². The fourth-order valence-corrected chi connectivity index (χ4v) is 3.90. The summed E-state index contributed by atoms with van der Waals surface area (Å²) in [4.78, 5) is 15.8. The lowest BCUT2D eigenvalue weighted by molar-refractivity contribution is -0.129. The molecule has 0 aliphatic carbocycles. The quantitative estimate of drug-likeness (QED) is 0.495. The highest BCUT2D eigenvalue weighted by Gasteiger charge is 2.45. The van der Waals surface area contributed by atoms with Gasteiger partial charge in [-0.3, -0.25) is 9.69 Å². The molecule has 1 amide bonds. The summed E-state index contributed by atoms with van der Waals surface area (Å²) < 4.78 is 5.58. The third-order valence-electron chi connectivity index (χ3n) is 5.89. The van der Waals surface area contributed by atoms with E-state index in [1.165, 1.54) is 11.1 Å². The fourth-order valence-electron chi connectivity index (χ4n) is 3.90. The number of hydrogen-bond acceptors (Lipinski definition) is 3. The van der Waals surface area contributed by atoms with Gasteiger partial charge >= 0.3 is 0 Å². The van der Waals surface area contributed by atoms with Gasteiger partial charge in [-0.2, -0.15) is 0 Å². The largest absolute Gasteiger partial charge is 0.348 e. The number of nitrogens with zero attached hydrogens (tertiary/aromatic N) is 1. The zero-order chi connectivity index (χ0) is 21.5. The molecule has 160 valence electrons. The van der Waals surface area contributed by atoms with Gasteiger partial charge in [0.15, 0.2) is 5.72 Å². The summed E-state index contributed by atoms with van der Waals surface area (Å²) in [6.45, 7) is 4.02. The third kappa shape index (κ3) is 5.81. The highest BCUT2D eigenvalue weighted by molar-refractivity contribution is 5.83. The predicted octanol–water partition coefficient (Wildman–Crippen LogP) is 4.55. The van der Waals surface area contributed by atoms with Crippen LogP contribution in [0.1, 0.15) is 30.0 Å². The second-order valence-corrected chi connectivity index (χ2v) is 8.21. The standard InChI is InChI=1S/C27H30N2O2/c1-2-27(21-31-27)28-26(30)25(18-22-12-6-3-7-13-22)29(19-23-14-8-4-9-15-23)20-24-16-10-5-11-17-24/h3-17,25H,2,18-21H2,1H3,(H,28,30). The van der Waals surface area contributed by atoms with E-state index < -0.39 is 5.72 Å². The van der Waals surface area contributed by atoms with E-state index in [9.17, 15) is 4.79 Å². The number of epoxide rings is 1. The number of rotatable bonds is 10. The average Bonchev–Trinajstić information content (AvgIpc) is 3.59. The Morgan fingerprint density at radius 1 is 0.871 bits per heavy atom. The van der Waals surface area contributed by atoms with Crippen molar-refractivity contribution in [2.24, 2.45) is 0 Å². The zero-order valence-electron chi connectivity index (χ0n) is 18.0. The summed E-state index contributed by atoms with van der Waals surface area (Å²) in [5.41, 5.74) is 3.04. The molecule has 31 heavy (non-hydrogen) atoms. The van der Waals surface area contributed by atoms with E-state index in [1.54, 1.807) is 0 Å². The van der Waals surface area contributed by atoms with Crippen LogP contribution in [0.3, 0.4) is 0 Å². The number of hydrogen-bond donors (Lipinski definition) is 1. The Morgan fingerprint density at radius 3 is 1.74 bits per heavy atom. The second-order valence-electron chi connectivity index (χ2n) is 8.21. The third-order valence-corrected chi connectivity index (χ3v) is 5.89. The van der Waals surface area contributed by atoms with Gasteiger partial charge in [-0.1, -0.05) is 97.9 Å². The van der Waals surface area contributed by atoms with Gasteiger partial charge in [0.2, 0.25) is 5.91 Å². The van der Waals surface area contributed by atoms with Gasteiger partial charge in [0.1, 0.15) is 0 Å². The Bertz CT molecular complexity index is 915. The molecule has 3 aromatic rings. The van der Waals surface area contributed by atoms with E-state index in [1.807, 2.05) is 61.5 Å². The molecule has 0 aromatic heterocycles. The monoisotopic (exact) mass is 414 g/mol. The maximum Gasteiger partial charge on any atom is 0.239 e. The molecule has 1 saturated heterocycles. The first kappa shape index (κ1) is 21.3. The Balaban J connectivity index is 1.63. The van der Waals surface area contributed by atoms with Gasteiger partial charge in [-0.05, 0) is 29.5 Å². The number of nitrogens with one attached hydrogen (secondary N) is 1. The minimum Gasteiger partial charge on any atom is -0.348 e. The minimum atomic E-state index is -0.489. The number of carbonyl (C=O) groups excluding carboxylic acids is 1. The fraction of sp³-hybridized carbons (Fsp3) is 0.296. The molecular weight excluding hydrogens is 384 g/mol. The molecule has 4 heteroatoms. The van der Waals surface area contributed by atoms with Crippen LogP contribution in [-0.4, -0.2) is 29.2 Å². The highest BCUT2D eigenvalue weighted by Crippen LogP contribution is 2.28. The van der Waals surface area contributed by atoms with Gasteiger partial charge in [0, 0.05) is 13.1 Å². The number of amides is 1. The lowest BCUT2D eigenvalue weighted by atomic mass is 10.0. The molecule has 2 unspecified atom stereocenters. The molecule has 0 saturated carbocycles. The average molecular weight is 415 g/mol. The Morgan fingerprint density at radius 2 is 1.32 bits per heavy atom. The highest BCUT2D eigenvalue weighted by atomic mass is 16.6. The molecule has 4 rings (SSSR count). The van der Waals surface area contributed by atoms with Gasteiger partial charge in [-0.25, -0.2) is 0 Å². The van der Waals surface area contributed by atoms with E-state index >= 15 is 0 Å². The molecule has 1 fully saturated rings. The van der Waals surface area contributed by atoms with Crippen molar-refractivity contribution in [3.05, 3.63) is 108 Å². The van der Waals surface area contributed by atoms with Crippen molar-refractivity contribution >= 4 is 5.91 Å². The van der Waals surface area contributed by atoms with Crippen LogP contribution in [0.5, 0.6) is 0 Å². The van der Waals surface area contributed by atoms with E-state index in [2.05, 4.69) is 46.6 Å². The summed E-state index contributed by atoms with van der Waals surface area (Å²) >= 11 is 0. The normalized spacial score (nSPS) is 18.5. The number of carbonyl (C=O) groups is 1. The molecule has 2 atom stereocenters. The van der Waals surface area contributed by atoms with Crippen molar-refractivity contribution in [3.8, 4) is 0 Å². The number of ether oxygens (including phenoxy) is 1. The molecule has 0 spiro atoms. The van der Waals surface area contributed by atoms with E-state index in [0.29, 0.717) is 26.1 Å². The van der Waals surface area contributed by atoms with Crippen LogP contribution in [0.25, 0.3) is 0 Å². The van der Waals surface area contributed by atoms with Crippen molar-refractivity contribution < 1.29 is 9.53 Å². The molecular formula is C27H30N2O2. The summed E-state index contributed by atoms with van der Waals surface area (Å²) in [6, 6.07) is 30.6. The first-order chi connectivity index (χ1) is 15.2. The van der Waals surface area contributed by atoms with Crippen LogP contribution in [-0.2, 0) is 29.0 Å². The van der Waals surface area contributed by atoms with Gasteiger partial charge in [0.05, 0.1) is 12.6 Å². The van der Waals surface area contributed by atoms with E-state index in [0.717, 1.165) is 12.0 Å². The first-order valence-corrected chi connectivity index (χ1v) is 11.0. The molecule has 1 aliphatic rings. The van der Waals surface area contributed by atoms with Crippen molar-refractivity contribution in [3.63, 3.8) is 0 Å². The molecule has 1 N–H and O–H groups in total. The van der Waals surface area contributed by atoms with Crippen LogP contribution in [0.4, 0.5) is 0 Å². The van der Waals surface area contributed by atoms with E-state index in [4.69, 9.17) is 4.74 Å². The molecule has 0 radical (unpaired) electrons. The molecule has 1 aliphatic heterocycles. The van der Waals surface area contributed by atoms with Crippen LogP contribution in [0, 0.1) is 0 Å². The Hall–Kier alpha value is -2.95. The second kappa shape index (κ2) is 9.90. The molecule has 1 heterocycles. The van der Waals surface area contributed by atoms with Crippen molar-refractivity contribution in [2.45, 2.75) is 44.6 Å². The van der Waals surface area contributed by atoms with Gasteiger partial charge in [0.25, 0.3) is 0 Å². The maximum absolute atomic E-state index is 13.6. The summed E-state index contributed by atoms with van der Waals surface area (Å²) in [5, 5.41) is 3.19. The molecule has 3 aromatic carbocycles. The van der Waals surface area contributed by atoms with Crippen LogP contribution >= 0.6 is 0 Å². The summed E-state index contributed by atoms with van der Waals surface area (Å²) in [5.74, 6) is 0.0232. The SMILES string of the molecule is CCC1(NC(=O)C(Cc2ccccc2)N(Cc2ccccc2)Cc2ccccc2)CO1. The lowest BCUT2D eigenvalue weighted by Crippen LogP contribution is -2.51. The minimum absolute atomic E-state index is 0.0232. The van der Waals surface area contributed by atoms with Gasteiger partial charge in [-0.15, -0.1) is 0 Å². The van der Waals surface area contributed by atoms with Crippen molar-refractivity contribution in [1.29, 1.82) is 0 Å². The lowest BCUT2D eigenvalue weighted by Gasteiger charge is -2.32. The zero-order valence-corrected chi connectivity index (χ0v) is 18.0. The first-order valence-electron chi connectivity index (χ1n) is 11.0. The Labute approximate surface area is 184 Å².